The minimum atomic E-state index is -0.821. The Kier molecular flexibility index (Phi) is 3.69. The summed E-state index contributed by atoms with van der Waals surface area (Å²) in [5, 5.41) is 15.6. The number of aliphatic carboxylic acids is 1. The molecule has 0 fully saturated rings. The highest BCUT2D eigenvalue weighted by Gasteiger charge is 2.11. The van der Waals surface area contributed by atoms with Crippen molar-refractivity contribution in [1.29, 1.82) is 5.41 Å². The molecule has 0 aliphatic carbocycles. The van der Waals surface area contributed by atoms with Crippen molar-refractivity contribution >= 4 is 11.7 Å². The van der Waals surface area contributed by atoms with Gasteiger partial charge in [0.15, 0.2) is 0 Å². The third kappa shape index (κ3) is 3.22. The zero-order valence-corrected chi connectivity index (χ0v) is 6.35. The predicted molar refractivity (Wildman–Crippen MR) is 39.4 cm³/mol. The zero-order chi connectivity index (χ0) is 8.15. The van der Waals surface area contributed by atoms with Gasteiger partial charge in [-0.1, -0.05) is 13.8 Å². The van der Waals surface area contributed by atoms with E-state index in [-0.39, 0.29) is 0 Å². The summed E-state index contributed by atoms with van der Waals surface area (Å²) >= 11 is 0. The van der Waals surface area contributed by atoms with Gasteiger partial charge >= 0.3 is 5.97 Å². The van der Waals surface area contributed by atoms with Crippen LogP contribution >= 0.6 is 0 Å². The van der Waals surface area contributed by atoms with Gasteiger partial charge in [-0.15, -0.1) is 0 Å². The lowest BCUT2D eigenvalue weighted by molar-refractivity contribution is -0.140. The predicted octanol–water partition coefficient (Wildman–Crippen LogP) is 1.53. The first-order chi connectivity index (χ1) is 4.57. The second kappa shape index (κ2) is 4.04. The topological polar surface area (TPSA) is 61.2 Å². The maximum Gasteiger partial charge on any atom is 0.306 e. The van der Waals surface area contributed by atoms with Gasteiger partial charge in [0.1, 0.15) is 0 Å². The summed E-state index contributed by atoms with van der Waals surface area (Å²) in [4.78, 5) is 10.3. The lowest BCUT2D eigenvalue weighted by Crippen LogP contribution is -2.13. The Hall–Kier alpha value is -0.860. The molecule has 0 heterocycles. The fraction of sp³-hybridized carbons (Fsp3) is 0.714. The van der Waals surface area contributed by atoms with E-state index in [0.29, 0.717) is 18.6 Å². The first-order valence-corrected chi connectivity index (χ1v) is 3.37. The van der Waals surface area contributed by atoms with Gasteiger partial charge in [-0.3, -0.25) is 4.79 Å². The van der Waals surface area contributed by atoms with Crippen LogP contribution in [0.5, 0.6) is 0 Å². The van der Waals surface area contributed by atoms with Crippen molar-refractivity contribution in [3.05, 3.63) is 0 Å². The number of hydrogen-bond acceptors (Lipinski definition) is 2. The van der Waals surface area contributed by atoms with Gasteiger partial charge in [0.05, 0.1) is 5.92 Å². The van der Waals surface area contributed by atoms with Crippen LogP contribution in [0, 0.1) is 11.3 Å². The molecule has 0 amide bonds. The van der Waals surface area contributed by atoms with Crippen LogP contribution in [-0.4, -0.2) is 16.8 Å². The van der Waals surface area contributed by atoms with Crippen LogP contribution in [0.4, 0.5) is 0 Å². The summed E-state index contributed by atoms with van der Waals surface area (Å²) in [5.74, 6) is -1.23. The average molecular weight is 143 g/mol. The van der Waals surface area contributed by atoms with Gasteiger partial charge in [-0.05, 0) is 12.8 Å². The molecule has 0 bridgehead atoms. The Morgan fingerprint density at radius 1 is 1.70 bits per heavy atom. The molecule has 0 saturated heterocycles. The number of carbonyl (C=O) groups is 1. The molecular formula is C7H13NO2. The van der Waals surface area contributed by atoms with E-state index < -0.39 is 11.9 Å². The molecule has 0 aromatic heterocycles. The Morgan fingerprint density at radius 2 is 2.20 bits per heavy atom. The van der Waals surface area contributed by atoms with Crippen molar-refractivity contribution in [3.63, 3.8) is 0 Å². The number of carboxylic acids is 1. The van der Waals surface area contributed by atoms with E-state index in [1.807, 2.05) is 6.92 Å². The molecular weight excluding hydrogens is 130 g/mol. The maximum atomic E-state index is 10.3. The lowest BCUT2D eigenvalue weighted by atomic mass is 10.0. The standard InChI is InChI=1S/C7H13NO2/c1-3-6(8)4-5(2)7(9)10/h5,8H,3-4H2,1-2H3,(H,9,10)/t5-/m0/s1. The molecule has 0 unspecified atom stereocenters. The SMILES string of the molecule is CCC(=N)C[C@H](C)C(=O)O. The molecule has 0 radical (unpaired) electrons. The van der Waals surface area contributed by atoms with Crippen molar-refractivity contribution in [2.75, 3.05) is 0 Å². The third-order valence-electron chi connectivity index (χ3n) is 1.40. The van der Waals surface area contributed by atoms with Gasteiger partial charge in [0.25, 0.3) is 0 Å². The zero-order valence-electron chi connectivity index (χ0n) is 6.35. The molecule has 1 atom stereocenters. The first kappa shape index (κ1) is 9.14. The highest BCUT2D eigenvalue weighted by atomic mass is 16.4. The van der Waals surface area contributed by atoms with Gasteiger partial charge in [-0.2, -0.15) is 0 Å². The van der Waals surface area contributed by atoms with Crippen molar-refractivity contribution in [2.45, 2.75) is 26.7 Å². The molecule has 10 heavy (non-hydrogen) atoms. The van der Waals surface area contributed by atoms with Crippen LogP contribution in [0.3, 0.4) is 0 Å². The fourth-order valence-corrected chi connectivity index (χ4v) is 0.601. The monoisotopic (exact) mass is 143 g/mol. The van der Waals surface area contributed by atoms with E-state index in [2.05, 4.69) is 0 Å². The van der Waals surface area contributed by atoms with Crippen LogP contribution in [-0.2, 0) is 4.79 Å². The largest absolute Gasteiger partial charge is 0.481 e. The molecule has 2 N–H and O–H groups in total. The fourth-order valence-electron chi connectivity index (χ4n) is 0.601. The Balaban J connectivity index is 3.68. The molecule has 0 aromatic carbocycles. The van der Waals surface area contributed by atoms with E-state index in [4.69, 9.17) is 10.5 Å². The third-order valence-corrected chi connectivity index (χ3v) is 1.40. The Bertz CT molecular complexity index is 143. The van der Waals surface area contributed by atoms with Crippen LogP contribution in [0.2, 0.25) is 0 Å². The Morgan fingerprint density at radius 3 is 2.50 bits per heavy atom. The summed E-state index contributed by atoms with van der Waals surface area (Å²) < 4.78 is 0. The number of nitrogens with one attached hydrogen (secondary N) is 1. The normalized spacial score (nSPS) is 12.6. The molecule has 0 aromatic rings. The van der Waals surface area contributed by atoms with E-state index in [9.17, 15) is 4.79 Å². The highest BCUT2D eigenvalue weighted by molar-refractivity contribution is 5.85. The second-order valence-corrected chi connectivity index (χ2v) is 2.40. The van der Waals surface area contributed by atoms with Crippen LogP contribution < -0.4 is 0 Å². The molecule has 3 heteroatoms. The van der Waals surface area contributed by atoms with Gasteiger partial charge in [0, 0.05) is 5.71 Å². The molecule has 58 valence electrons. The van der Waals surface area contributed by atoms with Gasteiger partial charge in [0.2, 0.25) is 0 Å². The summed E-state index contributed by atoms with van der Waals surface area (Å²) in [6.45, 7) is 3.48. The summed E-state index contributed by atoms with van der Waals surface area (Å²) in [7, 11) is 0. The maximum absolute atomic E-state index is 10.3. The molecule has 0 spiro atoms. The first-order valence-electron chi connectivity index (χ1n) is 3.37. The van der Waals surface area contributed by atoms with Crippen molar-refractivity contribution in [2.24, 2.45) is 5.92 Å². The van der Waals surface area contributed by atoms with Crippen LogP contribution in [0.15, 0.2) is 0 Å². The summed E-state index contributed by atoms with van der Waals surface area (Å²) in [5.41, 5.74) is 0.509. The Labute approximate surface area is 60.6 Å². The smallest absolute Gasteiger partial charge is 0.306 e. The van der Waals surface area contributed by atoms with Crippen LogP contribution in [0.1, 0.15) is 26.7 Å². The quantitative estimate of drug-likeness (QED) is 0.586. The van der Waals surface area contributed by atoms with Crippen LogP contribution in [0.25, 0.3) is 0 Å². The highest BCUT2D eigenvalue weighted by Crippen LogP contribution is 2.03. The average Bonchev–Trinajstić information content (AvgIpc) is 1.87. The minimum absolute atomic E-state index is 0.381. The van der Waals surface area contributed by atoms with Crippen molar-refractivity contribution in [3.8, 4) is 0 Å². The van der Waals surface area contributed by atoms with Gasteiger partial charge in [-0.25, -0.2) is 0 Å². The summed E-state index contributed by atoms with van der Waals surface area (Å²) in [6, 6.07) is 0. The van der Waals surface area contributed by atoms with E-state index in [1.165, 1.54) is 0 Å². The molecule has 0 saturated carbocycles. The summed E-state index contributed by atoms with van der Waals surface area (Å²) in [6.07, 6.45) is 1.03. The van der Waals surface area contributed by atoms with E-state index >= 15 is 0 Å². The molecule has 0 rings (SSSR count). The minimum Gasteiger partial charge on any atom is -0.481 e. The number of hydrogen-bond donors (Lipinski definition) is 2. The lowest BCUT2D eigenvalue weighted by Gasteiger charge is -2.04. The van der Waals surface area contributed by atoms with Gasteiger partial charge < -0.3 is 10.5 Å². The molecule has 3 nitrogen and oxygen atoms in total. The molecule has 0 aliphatic rings. The van der Waals surface area contributed by atoms with E-state index in [0.717, 1.165) is 0 Å². The molecule has 0 aliphatic heterocycles. The van der Waals surface area contributed by atoms with Crippen molar-refractivity contribution < 1.29 is 9.90 Å². The number of carboxylic acid groups (broad SMARTS) is 1. The second-order valence-electron chi connectivity index (χ2n) is 2.40. The number of rotatable bonds is 4. The van der Waals surface area contributed by atoms with E-state index in [1.54, 1.807) is 6.92 Å². The van der Waals surface area contributed by atoms with Crippen molar-refractivity contribution in [1.82, 2.24) is 0 Å².